The van der Waals surface area contributed by atoms with Crippen LogP contribution in [0.25, 0.3) is 44.5 Å². The molecule has 0 N–H and O–H groups in total. The van der Waals surface area contributed by atoms with Crippen molar-refractivity contribution in [1.29, 1.82) is 0 Å². The molecule has 1 heteroatoms. The van der Waals surface area contributed by atoms with Gasteiger partial charge in [0.2, 0.25) is 0 Å². The molecule has 7 aromatic carbocycles. The van der Waals surface area contributed by atoms with Crippen molar-refractivity contribution in [2.45, 2.75) is 38.5 Å². The number of anilines is 3. The minimum atomic E-state index is -0.0985. The van der Waals surface area contributed by atoms with Crippen molar-refractivity contribution < 1.29 is 0 Å². The number of hydrogen-bond donors (Lipinski definition) is 0. The maximum Gasteiger partial charge on any atom is 0.0540 e. The van der Waals surface area contributed by atoms with Crippen LogP contribution in [0.15, 0.2) is 164 Å². The monoisotopic (exact) mass is 629 g/mol. The minimum absolute atomic E-state index is 0.0976. The van der Waals surface area contributed by atoms with Crippen molar-refractivity contribution in [3.63, 3.8) is 0 Å². The van der Waals surface area contributed by atoms with Gasteiger partial charge in [0.05, 0.1) is 5.69 Å². The number of benzene rings is 7. The molecule has 236 valence electrons. The molecule has 0 saturated carbocycles. The van der Waals surface area contributed by atoms with Crippen molar-refractivity contribution in [3.8, 4) is 44.5 Å². The lowest BCUT2D eigenvalue weighted by Gasteiger charge is -2.30. The van der Waals surface area contributed by atoms with E-state index in [-0.39, 0.29) is 10.8 Å². The maximum atomic E-state index is 2.47. The third-order valence-electron chi connectivity index (χ3n) is 11.1. The van der Waals surface area contributed by atoms with Crippen LogP contribution >= 0.6 is 0 Å². The summed E-state index contributed by atoms with van der Waals surface area (Å²) in [6, 6.07) is 60.5. The van der Waals surface area contributed by atoms with Crippen molar-refractivity contribution in [1.82, 2.24) is 0 Å². The first-order valence-electron chi connectivity index (χ1n) is 17.4. The Hall–Kier alpha value is -5.66. The van der Waals surface area contributed by atoms with Gasteiger partial charge >= 0.3 is 0 Å². The van der Waals surface area contributed by atoms with Gasteiger partial charge in [0, 0.05) is 27.8 Å². The van der Waals surface area contributed by atoms with Crippen LogP contribution in [0.4, 0.5) is 17.1 Å². The molecular weight excluding hydrogens is 591 g/mol. The summed E-state index contributed by atoms with van der Waals surface area (Å²) in [6.45, 7) is 9.47. The second-order valence-electron chi connectivity index (χ2n) is 14.6. The molecule has 0 amide bonds. The second-order valence-corrected chi connectivity index (χ2v) is 14.6. The van der Waals surface area contributed by atoms with E-state index in [0.29, 0.717) is 0 Å². The van der Waals surface area contributed by atoms with Gasteiger partial charge in [-0.25, -0.2) is 0 Å². The zero-order chi connectivity index (χ0) is 33.3. The molecular formula is C48H39N. The van der Waals surface area contributed by atoms with Crippen molar-refractivity contribution in [2.75, 3.05) is 4.90 Å². The largest absolute Gasteiger partial charge is 0.310 e. The fraction of sp³-hybridized carbons (Fsp3) is 0.125. The molecule has 0 atom stereocenters. The zero-order valence-corrected chi connectivity index (χ0v) is 28.5. The summed E-state index contributed by atoms with van der Waals surface area (Å²) < 4.78 is 0. The van der Waals surface area contributed by atoms with Gasteiger partial charge in [-0.2, -0.15) is 0 Å². The molecule has 0 spiro atoms. The van der Waals surface area contributed by atoms with Crippen molar-refractivity contribution in [2.24, 2.45) is 0 Å². The lowest BCUT2D eigenvalue weighted by Crippen LogP contribution is -2.17. The van der Waals surface area contributed by atoms with Gasteiger partial charge in [0.15, 0.2) is 0 Å². The Morgan fingerprint density at radius 3 is 1.65 bits per heavy atom. The average molecular weight is 630 g/mol. The smallest absolute Gasteiger partial charge is 0.0540 e. The molecule has 0 bridgehead atoms. The van der Waals surface area contributed by atoms with Gasteiger partial charge in [-0.1, -0.05) is 161 Å². The third kappa shape index (κ3) is 4.46. The lowest BCUT2D eigenvalue weighted by molar-refractivity contribution is 0.660. The molecule has 0 heterocycles. The zero-order valence-electron chi connectivity index (χ0n) is 28.5. The summed E-state index contributed by atoms with van der Waals surface area (Å²) in [5, 5.41) is 0. The molecule has 0 unspecified atom stereocenters. The van der Waals surface area contributed by atoms with Crippen LogP contribution in [0.5, 0.6) is 0 Å². The topological polar surface area (TPSA) is 3.24 Å². The first-order chi connectivity index (χ1) is 23.8. The highest BCUT2D eigenvalue weighted by molar-refractivity contribution is 5.93. The van der Waals surface area contributed by atoms with Gasteiger partial charge in [-0.15, -0.1) is 0 Å². The highest BCUT2D eigenvalue weighted by Crippen LogP contribution is 2.54. The predicted octanol–water partition coefficient (Wildman–Crippen LogP) is 13.1. The van der Waals surface area contributed by atoms with E-state index in [1.165, 1.54) is 66.8 Å². The number of hydrogen-bond acceptors (Lipinski definition) is 1. The van der Waals surface area contributed by atoms with Gasteiger partial charge < -0.3 is 4.90 Å². The number of rotatable bonds is 5. The van der Waals surface area contributed by atoms with E-state index in [9.17, 15) is 0 Å². The molecule has 2 aliphatic rings. The second kappa shape index (κ2) is 10.9. The molecule has 0 aromatic heterocycles. The van der Waals surface area contributed by atoms with Crippen LogP contribution < -0.4 is 4.90 Å². The van der Waals surface area contributed by atoms with Crippen LogP contribution in [0, 0.1) is 0 Å². The third-order valence-corrected chi connectivity index (χ3v) is 11.1. The van der Waals surface area contributed by atoms with Gasteiger partial charge in [-0.05, 0) is 91.5 Å². The van der Waals surface area contributed by atoms with Crippen molar-refractivity contribution in [3.05, 3.63) is 186 Å². The van der Waals surface area contributed by atoms with E-state index >= 15 is 0 Å². The first kappa shape index (κ1) is 29.5. The Kier molecular flexibility index (Phi) is 6.58. The number of nitrogens with zero attached hydrogens (tertiary/aromatic N) is 1. The summed E-state index contributed by atoms with van der Waals surface area (Å²) in [5.74, 6) is 0. The molecule has 7 aromatic rings. The van der Waals surface area contributed by atoms with E-state index in [4.69, 9.17) is 0 Å². The summed E-state index contributed by atoms with van der Waals surface area (Å²) >= 11 is 0. The molecule has 0 radical (unpaired) electrons. The molecule has 0 aliphatic heterocycles. The summed E-state index contributed by atoms with van der Waals surface area (Å²) in [6.07, 6.45) is 0. The van der Waals surface area contributed by atoms with E-state index in [1.807, 2.05) is 0 Å². The predicted molar refractivity (Wildman–Crippen MR) is 207 cm³/mol. The normalized spacial score (nSPS) is 14.4. The summed E-state index contributed by atoms with van der Waals surface area (Å²) in [4.78, 5) is 2.47. The van der Waals surface area contributed by atoms with Gasteiger partial charge in [0.25, 0.3) is 0 Å². The lowest BCUT2D eigenvalue weighted by atomic mass is 9.79. The fourth-order valence-electron chi connectivity index (χ4n) is 8.69. The molecule has 0 saturated heterocycles. The first-order valence-corrected chi connectivity index (χ1v) is 17.4. The van der Waals surface area contributed by atoms with E-state index in [1.54, 1.807) is 0 Å². The Morgan fingerprint density at radius 2 is 0.878 bits per heavy atom. The molecule has 1 nitrogen and oxygen atoms in total. The van der Waals surface area contributed by atoms with Crippen LogP contribution in [-0.2, 0) is 10.8 Å². The molecule has 0 fully saturated rings. The standard InChI is InChI=1S/C48H39N/c1-47(2)42-25-11-8-21-38(42)40-29-28-35(31-44(40)47)49(45-27-13-10-20-36(45)32-16-6-5-7-17-32)34-19-14-18-33(30-34)37-23-15-24-41-39-22-9-12-26-43(39)48(3,4)46(37)41/h5-31H,1-4H3. The van der Waals surface area contributed by atoms with E-state index in [0.717, 1.165) is 17.1 Å². The van der Waals surface area contributed by atoms with Crippen LogP contribution in [-0.4, -0.2) is 0 Å². The fourth-order valence-corrected chi connectivity index (χ4v) is 8.69. The highest BCUT2D eigenvalue weighted by atomic mass is 15.1. The number of fused-ring (bicyclic) bond motifs is 6. The minimum Gasteiger partial charge on any atom is -0.310 e. The highest BCUT2D eigenvalue weighted by Gasteiger charge is 2.38. The quantitative estimate of drug-likeness (QED) is 0.183. The average Bonchev–Trinajstić information content (AvgIpc) is 3.52. The Labute approximate surface area is 290 Å². The summed E-state index contributed by atoms with van der Waals surface area (Å²) in [7, 11) is 0. The van der Waals surface area contributed by atoms with Crippen LogP contribution in [0.3, 0.4) is 0 Å². The van der Waals surface area contributed by atoms with Gasteiger partial charge in [-0.3, -0.25) is 0 Å². The van der Waals surface area contributed by atoms with Gasteiger partial charge in [0.1, 0.15) is 0 Å². The van der Waals surface area contributed by atoms with E-state index < -0.39 is 0 Å². The number of para-hydroxylation sites is 1. The Morgan fingerprint density at radius 1 is 0.347 bits per heavy atom. The Balaban J connectivity index is 1.25. The van der Waals surface area contributed by atoms with E-state index in [2.05, 4.69) is 196 Å². The molecule has 49 heavy (non-hydrogen) atoms. The summed E-state index contributed by atoms with van der Waals surface area (Å²) in [5.41, 5.74) is 19.1. The molecule has 9 rings (SSSR count). The maximum absolute atomic E-state index is 2.47. The molecule has 2 aliphatic carbocycles. The van der Waals surface area contributed by atoms with Crippen LogP contribution in [0.2, 0.25) is 0 Å². The Bertz CT molecular complexity index is 2390. The SMILES string of the molecule is CC1(C)c2ccccc2-c2ccc(N(c3cccc(-c4cccc5c4C(C)(C)c4ccccc4-5)c3)c3ccccc3-c3ccccc3)cc21. The van der Waals surface area contributed by atoms with Crippen LogP contribution in [0.1, 0.15) is 49.9 Å². The van der Waals surface area contributed by atoms with Crippen molar-refractivity contribution >= 4 is 17.1 Å².